The third-order valence-corrected chi connectivity index (χ3v) is 2.84. The first-order valence-electron chi connectivity index (χ1n) is 5.80. The quantitative estimate of drug-likeness (QED) is 0.789. The zero-order chi connectivity index (χ0) is 11.1. The summed E-state index contributed by atoms with van der Waals surface area (Å²) in [5, 5.41) is 8.40. The summed E-state index contributed by atoms with van der Waals surface area (Å²) in [5.74, 6) is 0. The normalized spacial score (nSPS) is 17.5. The number of rotatable bonds is 5. The van der Waals surface area contributed by atoms with Crippen LogP contribution in [0.2, 0.25) is 0 Å². The molecule has 4 nitrogen and oxygen atoms in total. The van der Waals surface area contributed by atoms with Crippen molar-refractivity contribution >= 4 is 31.0 Å². The summed E-state index contributed by atoms with van der Waals surface area (Å²) < 4.78 is 4.64. The van der Waals surface area contributed by atoms with E-state index in [9.17, 15) is 4.79 Å². The Morgan fingerprint density at radius 2 is 1.88 bits per heavy atom. The molecule has 0 aromatic carbocycles. The molecule has 17 heavy (non-hydrogen) atoms. The average molecular weight is 288 g/mol. The summed E-state index contributed by atoms with van der Waals surface area (Å²) in [6.07, 6.45) is 4.47. The molecule has 0 aliphatic carbocycles. The van der Waals surface area contributed by atoms with Crippen LogP contribution in [0.15, 0.2) is 0 Å². The average Bonchev–Trinajstić information content (AvgIpc) is 2.18. The van der Waals surface area contributed by atoms with E-state index in [0.717, 1.165) is 19.4 Å². The van der Waals surface area contributed by atoms with E-state index in [-0.39, 0.29) is 30.9 Å². The molecule has 1 rings (SSSR count). The van der Waals surface area contributed by atoms with E-state index < -0.39 is 6.16 Å². The molecular weight excluding hydrogens is 265 g/mol. The molecule has 0 radical (unpaired) electrons. The molecule has 0 saturated carbocycles. The SMILES string of the molecule is CC(CCCN1CCCCC1)OC(=O)O.Cl.Cl. The van der Waals surface area contributed by atoms with E-state index in [1.807, 2.05) is 6.92 Å². The van der Waals surface area contributed by atoms with Gasteiger partial charge >= 0.3 is 6.16 Å². The lowest BCUT2D eigenvalue weighted by Gasteiger charge is -2.26. The van der Waals surface area contributed by atoms with Gasteiger partial charge in [0, 0.05) is 0 Å². The van der Waals surface area contributed by atoms with Crippen molar-refractivity contribution in [2.75, 3.05) is 19.6 Å². The number of carboxylic acid groups (broad SMARTS) is 1. The minimum absolute atomic E-state index is 0. The monoisotopic (exact) mass is 287 g/mol. The van der Waals surface area contributed by atoms with Crippen molar-refractivity contribution in [1.29, 1.82) is 0 Å². The number of piperidine rings is 1. The summed E-state index contributed by atoms with van der Waals surface area (Å²) in [7, 11) is 0. The molecule has 0 amide bonds. The maximum atomic E-state index is 10.2. The van der Waals surface area contributed by atoms with E-state index in [2.05, 4.69) is 9.64 Å². The second-order valence-electron chi connectivity index (χ2n) is 4.24. The number of ether oxygens (including phenoxy) is 1. The van der Waals surface area contributed by atoms with Crippen LogP contribution in [-0.4, -0.2) is 41.9 Å². The van der Waals surface area contributed by atoms with Gasteiger partial charge in [-0.05, 0) is 52.2 Å². The van der Waals surface area contributed by atoms with E-state index in [1.165, 1.54) is 32.4 Å². The predicted molar refractivity (Wildman–Crippen MR) is 72.6 cm³/mol. The molecule has 1 fully saturated rings. The van der Waals surface area contributed by atoms with Gasteiger partial charge in [-0.1, -0.05) is 6.42 Å². The Balaban J connectivity index is 0. The van der Waals surface area contributed by atoms with Gasteiger partial charge in [0.15, 0.2) is 0 Å². The molecule has 1 saturated heterocycles. The molecular formula is C11H23Cl2NO3. The highest BCUT2D eigenvalue weighted by molar-refractivity contribution is 5.85. The van der Waals surface area contributed by atoms with Crippen LogP contribution in [0.5, 0.6) is 0 Å². The third-order valence-electron chi connectivity index (χ3n) is 2.84. The molecule has 0 aromatic heterocycles. The lowest BCUT2D eigenvalue weighted by Crippen LogP contribution is -2.31. The number of hydrogen-bond donors (Lipinski definition) is 1. The van der Waals surface area contributed by atoms with Crippen molar-refractivity contribution in [3.05, 3.63) is 0 Å². The lowest BCUT2D eigenvalue weighted by atomic mass is 10.1. The number of hydrogen-bond acceptors (Lipinski definition) is 3. The van der Waals surface area contributed by atoms with Gasteiger partial charge in [0.05, 0.1) is 0 Å². The maximum absolute atomic E-state index is 10.2. The fourth-order valence-corrected chi connectivity index (χ4v) is 2.02. The predicted octanol–water partition coefficient (Wildman–Crippen LogP) is 3.18. The van der Waals surface area contributed by atoms with Crippen LogP contribution in [0, 0.1) is 0 Å². The summed E-state index contributed by atoms with van der Waals surface area (Å²) in [6, 6.07) is 0. The second kappa shape index (κ2) is 10.9. The van der Waals surface area contributed by atoms with Gasteiger partial charge in [0.1, 0.15) is 6.10 Å². The molecule has 1 aliphatic heterocycles. The Morgan fingerprint density at radius 3 is 2.41 bits per heavy atom. The Bertz CT molecular complexity index is 199. The smallest absolute Gasteiger partial charge is 0.450 e. The fourth-order valence-electron chi connectivity index (χ4n) is 2.02. The molecule has 1 atom stereocenters. The van der Waals surface area contributed by atoms with E-state index >= 15 is 0 Å². The van der Waals surface area contributed by atoms with Crippen LogP contribution in [0.1, 0.15) is 39.0 Å². The minimum Gasteiger partial charge on any atom is -0.450 e. The van der Waals surface area contributed by atoms with Crippen LogP contribution in [0.4, 0.5) is 4.79 Å². The van der Waals surface area contributed by atoms with E-state index in [1.54, 1.807) is 0 Å². The van der Waals surface area contributed by atoms with Crippen molar-refractivity contribution in [2.24, 2.45) is 0 Å². The van der Waals surface area contributed by atoms with Crippen LogP contribution in [-0.2, 0) is 4.74 Å². The Morgan fingerprint density at radius 1 is 1.29 bits per heavy atom. The van der Waals surface area contributed by atoms with Crippen LogP contribution in [0.25, 0.3) is 0 Å². The highest BCUT2D eigenvalue weighted by atomic mass is 35.5. The summed E-state index contributed by atoms with van der Waals surface area (Å²) in [6.45, 7) is 5.29. The van der Waals surface area contributed by atoms with Crippen molar-refractivity contribution in [1.82, 2.24) is 4.90 Å². The van der Waals surface area contributed by atoms with Gasteiger partial charge in [0.25, 0.3) is 0 Å². The van der Waals surface area contributed by atoms with E-state index in [4.69, 9.17) is 5.11 Å². The third kappa shape index (κ3) is 9.51. The zero-order valence-electron chi connectivity index (χ0n) is 10.3. The number of nitrogens with zero attached hydrogens (tertiary/aromatic N) is 1. The largest absolute Gasteiger partial charge is 0.506 e. The standard InChI is InChI=1S/C11H21NO3.2ClH/c1-10(15-11(13)14)6-5-9-12-7-3-2-4-8-12;;/h10H,2-9H2,1H3,(H,13,14);2*1H. The first kappa shape index (κ1) is 19.2. The molecule has 1 aliphatic rings. The Hall–Kier alpha value is -0.190. The van der Waals surface area contributed by atoms with Gasteiger partial charge in [-0.2, -0.15) is 0 Å². The Labute approximate surface area is 116 Å². The molecule has 1 heterocycles. The van der Waals surface area contributed by atoms with Crippen LogP contribution < -0.4 is 0 Å². The number of halogens is 2. The maximum Gasteiger partial charge on any atom is 0.506 e. The van der Waals surface area contributed by atoms with Crippen molar-refractivity contribution < 1.29 is 14.6 Å². The first-order chi connectivity index (χ1) is 7.18. The highest BCUT2D eigenvalue weighted by Crippen LogP contribution is 2.10. The zero-order valence-corrected chi connectivity index (χ0v) is 11.9. The summed E-state index contributed by atoms with van der Waals surface area (Å²) in [4.78, 5) is 12.7. The molecule has 6 heteroatoms. The van der Waals surface area contributed by atoms with Gasteiger partial charge in [0.2, 0.25) is 0 Å². The number of likely N-dealkylation sites (tertiary alicyclic amines) is 1. The van der Waals surface area contributed by atoms with Gasteiger partial charge in [-0.25, -0.2) is 4.79 Å². The van der Waals surface area contributed by atoms with Crippen LogP contribution in [0.3, 0.4) is 0 Å². The van der Waals surface area contributed by atoms with Gasteiger partial charge < -0.3 is 14.7 Å². The molecule has 0 spiro atoms. The Kier molecular flexibility index (Phi) is 12.3. The van der Waals surface area contributed by atoms with Crippen LogP contribution >= 0.6 is 24.8 Å². The molecule has 1 N–H and O–H groups in total. The summed E-state index contributed by atoms with van der Waals surface area (Å²) in [5.41, 5.74) is 0. The molecule has 1 unspecified atom stereocenters. The number of carbonyl (C=O) groups is 1. The lowest BCUT2D eigenvalue weighted by molar-refractivity contribution is 0.0534. The van der Waals surface area contributed by atoms with Crippen molar-refractivity contribution in [3.63, 3.8) is 0 Å². The topological polar surface area (TPSA) is 49.8 Å². The van der Waals surface area contributed by atoms with Crippen molar-refractivity contribution in [2.45, 2.75) is 45.1 Å². The fraction of sp³-hybridized carbons (Fsp3) is 0.909. The van der Waals surface area contributed by atoms with Gasteiger partial charge in [-0.15, -0.1) is 24.8 Å². The second-order valence-corrected chi connectivity index (χ2v) is 4.24. The highest BCUT2D eigenvalue weighted by Gasteiger charge is 2.11. The summed E-state index contributed by atoms with van der Waals surface area (Å²) >= 11 is 0. The molecule has 104 valence electrons. The molecule has 0 bridgehead atoms. The van der Waals surface area contributed by atoms with Gasteiger partial charge in [-0.3, -0.25) is 0 Å². The minimum atomic E-state index is -1.17. The van der Waals surface area contributed by atoms with E-state index in [0.29, 0.717) is 0 Å². The molecule has 0 aromatic rings. The van der Waals surface area contributed by atoms with Crippen molar-refractivity contribution in [3.8, 4) is 0 Å². The first-order valence-corrected chi connectivity index (χ1v) is 5.80.